The summed E-state index contributed by atoms with van der Waals surface area (Å²) in [5.74, 6) is -4.76. The van der Waals surface area contributed by atoms with Gasteiger partial charge >= 0.3 is 0 Å². The van der Waals surface area contributed by atoms with E-state index in [1.54, 1.807) is 56.3 Å². The second kappa shape index (κ2) is 10.3. The third-order valence-corrected chi connectivity index (χ3v) is 8.91. The van der Waals surface area contributed by atoms with Crippen molar-refractivity contribution in [3.05, 3.63) is 95.6 Å². The maximum absolute atomic E-state index is 13.0. The van der Waals surface area contributed by atoms with Crippen molar-refractivity contribution < 1.29 is 26.4 Å². The van der Waals surface area contributed by atoms with Gasteiger partial charge in [0.05, 0.1) is 27.2 Å². The number of aryl methyl sites for hydroxylation is 2. The van der Waals surface area contributed by atoms with Gasteiger partial charge in [0.1, 0.15) is 0 Å². The third-order valence-electron chi connectivity index (χ3n) is 5.24. The molecule has 2 amide bonds. The monoisotopic (exact) mass is 499 g/mol. The second-order valence-electron chi connectivity index (χ2n) is 8.07. The Morgan fingerprint density at radius 1 is 0.676 bits per heavy atom. The van der Waals surface area contributed by atoms with Gasteiger partial charge in [-0.1, -0.05) is 53.6 Å². The molecule has 0 aromatic heterocycles. The number of carbonyl (C=O) groups is 2. The standard InChI is InChI=1S/C25H25NO6S2/c1-18-8-12-22(13-9-18)33(29,30)16-21(17-34(31,32)23-14-10-19(2)11-15-23)25(28)26-24(27)20-6-4-3-5-7-20/h3-15,21H,16-17H2,1-2H3,(H,26,27,28). The van der Waals surface area contributed by atoms with Gasteiger partial charge in [0, 0.05) is 5.56 Å². The number of imide groups is 1. The quantitative estimate of drug-likeness (QED) is 0.509. The molecule has 178 valence electrons. The van der Waals surface area contributed by atoms with E-state index in [9.17, 15) is 26.4 Å². The highest BCUT2D eigenvalue weighted by Gasteiger charge is 2.33. The summed E-state index contributed by atoms with van der Waals surface area (Å²) in [5.41, 5.74) is 1.89. The largest absolute Gasteiger partial charge is 0.292 e. The Labute approximate surface area is 199 Å². The molecule has 0 aliphatic heterocycles. The van der Waals surface area contributed by atoms with Gasteiger partial charge in [-0.05, 0) is 50.2 Å². The Balaban J connectivity index is 1.91. The first-order valence-electron chi connectivity index (χ1n) is 10.5. The number of amides is 2. The second-order valence-corrected chi connectivity index (χ2v) is 12.1. The molecule has 0 unspecified atom stereocenters. The van der Waals surface area contributed by atoms with Gasteiger partial charge in [-0.3, -0.25) is 14.9 Å². The molecule has 0 radical (unpaired) electrons. The van der Waals surface area contributed by atoms with Crippen LogP contribution in [0.25, 0.3) is 0 Å². The lowest BCUT2D eigenvalue weighted by Crippen LogP contribution is -2.41. The van der Waals surface area contributed by atoms with Crippen LogP contribution < -0.4 is 5.32 Å². The number of hydrogen-bond donors (Lipinski definition) is 1. The number of carbonyl (C=O) groups excluding carboxylic acids is 2. The lowest BCUT2D eigenvalue weighted by molar-refractivity contribution is -0.122. The van der Waals surface area contributed by atoms with E-state index >= 15 is 0 Å². The van der Waals surface area contributed by atoms with Crippen molar-refractivity contribution in [2.24, 2.45) is 5.92 Å². The number of sulfone groups is 2. The van der Waals surface area contributed by atoms with E-state index < -0.39 is 48.9 Å². The Bertz CT molecular complexity index is 1300. The van der Waals surface area contributed by atoms with E-state index in [-0.39, 0.29) is 15.4 Å². The van der Waals surface area contributed by atoms with Crippen molar-refractivity contribution >= 4 is 31.5 Å². The molecule has 3 rings (SSSR count). The van der Waals surface area contributed by atoms with E-state index in [1.807, 2.05) is 0 Å². The van der Waals surface area contributed by atoms with Crippen molar-refractivity contribution in [2.75, 3.05) is 11.5 Å². The minimum Gasteiger partial charge on any atom is -0.292 e. The third kappa shape index (κ3) is 6.39. The topological polar surface area (TPSA) is 114 Å². The molecule has 0 spiro atoms. The Hall–Kier alpha value is -3.30. The van der Waals surface area contributed by atoms with Crippen LogP contribution in [-0.4, -0.2) is 40.2 Å². The lowest BCUT2D eigenvalue weighted by atomic mass is 10.1. The maximum atomic E-state index is 13.0. The first kappa shape index (κ1) is 25.3. The van der Waals surface area contributed by atoms with E-state index in [0.29, 0.717) is 0 Å². The number of rotatable bonds is 8. The number of nitrogens with one attached hydrogen (secondary N) is 1. The fraction of sp³-hybridized carbons (Fsp3) is 0.200. The van der Waals surface area contributed by atoms with Crippen molar-refractivity contribution in [1.29, 1.82) is 0 Å². The fourth-order valence-electron chi connectivity index (χ4n) is 3.29. The van der Waals surface area contributed by atoms with E-state index in [2.05, 4.69) is 5.32 Å². The van der Waals surface area contributed by atoms with Crippen LogP contribution in [0.3, 0.4) is 0 Å². The van der Waals surface area contributed by atoms with E-state index in [4.69, 9.17) is 0 Å². The maximum Gasteiger partial charge on any atom is 0.257 e. The predicted octanol–water partition coefficient (Wildman–Crippen LogP) is 3.12. The highest BCUT2D eigenvalue weighted by molar-refractivity contribution is 7.92. The summed E-state index contributed by atoms with van der Waals surface area (Å²) in [6.45, 7) is 3.60. The molecule has 0 saturated heterocycles. The summed E-state index contributed by atoms with van der Waals surface area (Å²) in [4.78, 5) is 25.4. The summed E-state index contributed by atoms with van der Waals surface area (Å²) < 4.78 is 52.1. The molecule has 0 aliphatic rings. The zero-order chi connectivity index (χ0) is 24.9. The molecule has 0 aliphatic carbocycles. The number of hydrogen-bond acceptors (Lipinski definition) is 6. The average molecular weight is 500 g/mol. The smallest absolute Gasteiger partial charge is 0.257 e. The SMILES string of the molecule is Cc1ccc(S(=O)(=O)CC(CS(=O)(=O)c2ccc(C)cc2)C(=O)NC(=O)c2ccccc2)cc1. The molecule has 0 heterocycles. The average Bonchev–Trinajstić information content (AvgIpc) is 2.79. The van der Waals surface area contributed by atoms with Crippen LogP contribution in [-0.2, 0) is 24.5 Å². The van der Waals surface area contributed by atoms with Crippen molar-refractivity contribution in [3.63, 3.8) is 0 Å². The highest BCUT2D eigenvalue weighted by atomic mass is 32.2. The van der Waals surface area contributed by atoms with Crippen molar-refractivity contribution in [2.45, 2.75) is 23.6 Å². The van der Waals surface area contributed by atoms with Crippen LogP contribution in [0.2, 0.25) is 0 Å². The minimum absolute atomic E-state index is 0.0296. The van der Waals surface area contributed by atoms with Crippen LogP contribution in [0.5, 0.6) is 0 Å². The molecular weight excluding hydrogens is 474 g/mol. The van der Waals surface area contributed by atoms with Crippen molar-refractivity contribution in [1.82, 2.24) is 5.32 Å². The highest BCUT2D eigenvalue weighted by Crippen LogP contribution is 2.20. The lowest BCUT2D eigenvalue weighted by Gasteiger charge is -2.17. The molecule has 0 atom stereocenters. The van der Waals surface area contributed by atoms with Gasteiger partial charge in [-0.2, -0.15) is 0 Å². The summed E-state index contributed by atoms with van der Waals surface area (Å²) in [6, 6.07) is 20.0. The van der Waals surface area contributed by atoms with Gasteiger partial charge in [0.15, 0.2) is 19.7 Å². The van der Waals surface area contributed by atoms with E-state index in [1.165, 1.54) is 36.4 Å². The molecule has 1 N–H and O–H groups in total. The van der Waals surface area contributed by atoms with Crippen LogP contribution >= 0.6 is 0 Å². The Morgan fingerprint density at radius 3 is 1.50 bits per heavy atom. The summed E-state index contributed by atoms with van der Waals surface area (Å²) in [7, 11) is -8.04. The normalized spacial score (nSPS) is 11.9. The zero-order valence-corrected chi connectivity index (χ0v) is 20.4. The Kier molecular flexibility index (Phi) is 7.68. The first-order chi connectivity index (χ1) is 16.0. The van der Waals surface area contributed by atoms with Crippen molar-refractivity contribution in [3.8, 4) is 0 Å². The van der Waals surface area contributed by atoms with Gasteiger partial charge < -0.3 is 0 Å². The predicted molar refractivity (Wildman–Crippen MR) is 129 cm³/mol. The van der Waals surface area contributed by atoms with Crippen LogP contribution in [0.4, 0.5) is 0 Å². The van der Waals surface area contributed by atoms with Gasteiger partial charge in [0.2, 0.25) is 5.91 Å². The Morgan fingerprint density at radius 2 is 1.09 bits per heavy atom. The van der Waals surface area contributed by atoms with Gasteiger partial charge in [-0.15, -0.1) is 0 Å². The molecule has 3 aromatic carbocycles. The molecule has 7 nitrogen and oxygen atoms in total. The molecule has 3 aromatic rings. The molecule has 34 heavy (non-hydrogen) atoms. The van der Waals surface area contributed by atoms with E-state index in [0.717, 1.165) is 11.1 Å². The summed E-state index contributed by atoms with van der Waals surface area (Å²) in [6.07, 6.45) is 0. The first-order valence-corrected chi connectivity index (χ1v) is 13.8. The van der Waals surface area contributed by atoms with Gasteiger partial charge in [0.25, 0.3) is 5.91 Å². The minimum atomic E-state index is -4.02. The summed E-state index contributed by atoms with van der Waals surface area (Å²) in [5, 5.41) is 2.16. The molecule has 0 fully saturated rings. The van der Waals surface area contributed by atoms with Gasteiger partial charge in [-0.25, -0.2) is 16.8 Å². The summed E-state index contributed by atoms with van der Waals surface area (Å²) >= 11 is 0. The molecule has 0 saturated carbocycles. The zero-order valence-electron chi connectivity index (χ0n) is 18.8. The molecule has 0 bridgehead atoms. The molecule has 9 heteroatoms. The van der Waals surface area contributed by atoms with Crippen LogP contribution in [0.1, 0.15) is 21.5 Å². The molecular formula is C25H25NO6S2. The van der Waals surface area contributed by atoms with Crippen LogP contribution in [0, 0.1) is 19.8 Å². The fourth-order valence-corrected chi connectivity index (χ4v) is 6.52. The van der Waals surface area contributed by atoms with Crippen LogP contribution in [0.15, 0.2) is 88.7 Å². The number of benzene rings is 3.